The lowest BCUT2D eigenvalue weighted by Gasteiger charge is -2.30. The van der Waals surface area contributed by atoms with Gasteiger partial charge in [0.2, 0.25) is 0 Å². The van der Waals surface area contributed by atoms with Crippen molar-refractivity contribution in [2.45, 2.75) is 32.5 Å². The summed E-state index contributed by atoms with van der Waals surface area (Å²) >= 11 is 0. The van der Waals surface area contributed by atoms with Crippen molar-refractivity contribution < 1.29 is 14.3 Å². The van der Waals surface area contributed by atoms with E-state index in [1.807, 2.05) is 60.7 Å². The van der Waals surface area contributed by atoms with Crippen molar-refractivity contribution in [2.24, 2.45) is 0 Å². The number of benzene rings is 3. The molecule has 0 bridgehead atoms. The van der Waals surface area contributed by atoms with Crippen molar-refractivity contribution in [1.82, 2.24) is 19.7 Å². The van der Waals surface area contributed by atoms with E-state index >= 15 is 0 Å². The summed E-state index contributed by atoms with van der Waals surface area (Å²) in [4.78, 5) is 46.3. The van der Waals surface area contributed by atoms with E-state index in [1.54, 1.807) is 12.1 Å². The number of rotatable bonds is 7. The number of anilines is 1. The van der Waals surface area contributed by atoms with Crippen LogP contribution in [0.1, 0.15) is 34.1 Å². The highest BCUT2D eigenvalue weighted by molar-refractivity contribution is 6.06. The molecule has 3 aromatic carbocycles. The minimum Gasteiger partial charge on any atom is -0.449 e. The maximum atomic E-state index is 13.7. The first-order valence-electron chi connectivity index (χ1n) is 13.5. The minimum atomic E-state index is -1.11. The van der Waals surface area contributed by atoms with Crippen LogP contribution in [0, 0.1) is 0 Å². The Morgan fingerprint density at radius 3 is 2.49 bits per heavy atom. The zero-order chi connectivity index (χ0) is 28.3. The van der Waals surface area contributed by atoms with E-state index in [1.165, 1.54) is 23.2 Å². The number of H-pyrrole nitrogens is 1. The summed E-state index contributed by atoms with van der Waals surface area (Å²) in [7, 11) is 0. The fourth-order valence-corrected chi connectivity index (χ4v) is 5.19. The van der Waals surface area contributed by atoms with Gasteiger partial charge < -0.3 is 10.1 Å². The van der Waals surface area contributed by atoms with Crippen LogP contribution in [0.3, 0.4) is 0 Å². The largest absolute Gasteiger partial charge is 0.449 e. The van der Waals surface area contributed by atoms with E-state index in [4.69, 9.17) is 9.72 Å². The van der Waals surface area contributed by atoms with Crippen LogP contribution in [0.5, 0.6) is 0 Å². The highest BCUT2D eigenvalue weighted by Gasteiger charge is 2.29. The standard InChI is InChI=1S/C32H29N5O4/c1-21(31(39)34-28-18-29(38)37(35-28)23-12-6-3-7-13-23)41-32(40)30-24-14-8-9-15-26(24)33-27-16-17-36(20-25(27)30)19-22-10-4-2-5-11-22/h2-15,18,21,35H,16-17,19-20H2,1H3,(H,34,39). The molecular weight excluding hydrogens is 518 g/mol. The van der Waals surface area contributed by atoms with E-state index in [-0.39, 0.29) is 11.4 Å². The third-order valence-electron chi connectivity index (χ3n) is 7.22. The fraction of sp³-hybridized carbons (Fsp3) is 0.188. The highest BCUT2D eigenvalue weighted by Crippen LogP contribution is 2.30. The lowest BCUT2D eigenvalue weighted by molar-refractivity contribution is -0.123. The van der Waals surface area contributed by atoms with Crippen LogP contribution in [-0.2, 0) is 29.0 Å². The molecule has 2 aromatic heterocycles. The number of aromatic nitrogens is 3. The molecule has 1 aliphatic rings. The van der Waals surface area contributed by atoms with Gasteiger partial charge in [-0.15, -0.1) is 0 Å². The summed E-state index contributed by atoms with van der Waals surface area (Å²) in [6.07, 6.45) is -0.410. The number of nitrogens with zero attached hydrogens (tertiary/aromatic N) is 3. The van der Waals surface area contributed by atoms with Gasteiger partial charge in [0.05, 0.1) is 16.8 Å². The molecule has 9 nitrogen and oxygen atoms in total. The Morgan fingerprint density at radius 2 is 1.71 bits per heavy atom. The molecule has 1 atom stereocenters. The zero-order valence-electron chi connectivity index (χ0n) is 22.5. The molecule has 0 spiro atoms. The van der Waals surface area contributed by atoms with E-state index in [0.717, 1.165) is 24.3 Å². The van der Waals surface area contributed by atoms with Gasteiger partial charge in [0.1, 0.15) is 5.82 Å². The van der Waals surface area contributed by atoms with Crippen molar-refractivity contribution in [3.05, 3.63) is 124 Å². The van der Waals surface area contributed by atoms with E-state index in [0.29, 0.717) is 35.1 Å². The Kier molecular flexibility index (Phi) is 7.18. The summed E-state index contributed by atoms with van der Waals surface area (Å²) in [5, 5.41) is 6.22. The number of carbonyl (C=O) groups excluding carboxylic acids is 2. The Hall–Kier alpha value is -5.02. The van der Waals surface area contributed by atoms with Crippen molar-refractivity contribution in [3.63, 3.8) is 0 Å². The van der Waals surface area contributed by atoms with Crippen LogP contribution in [0.15, 0.2) is 95.8 Å². The number of hydrogen-bond donors (Lipinski definition) is 2. The van der Waals surface area contributed by atoms with Gasteiger partial charge in [0, 0.05) is 48.8 Å². The molecule has 2 N–H and O–H groups in total. The second-order valence-corrected chi connectivity index (χ2v) is 10.1. The Morgan fingerprint density at radius 1 is 1.00 bits per heavy atom. The SMILES string of the molecule is CC(OC(=O)c1c2c(nc3ccccc13)CCN(Cc1ccccc1)C2)C(=O)Nc1cc(=O)n(-c2ccccc2)[nH]1. The summed E-state index contributed by atoms with van der Waals surface area (Å²) < 4.78 is 7.05. The average Bonchev–Trinajstić information content (AvgIpc) is 3.36. The average molecular weight is 548 g/mol. The van der Waals surface area contributed by atoms with Crippen LogP contribution < -0.4 is 10.9 Å². The minimum absolute atomic E-state index is 0.204. The smallest absolute Gasteiger partial charge is 0.339 e. The number of ether oxygens (including phenoxy) is 1. The molecule has 1 amide bonds. The molecule has 0 saturated carbocycles. The second kappa shape index (κ2) is 11.2. The number of hydrogen-bond acceptors (Lipinski definition) is 6. The summed E-state index contributed by atoms with van der Waals surface area (Å²) in [6.45, 7) is 3.63. The summed E-state index contributed by atoms with van der Waals surface area (Å²) in [5.74, 6) is -0.938. The topological polar surface area (TPSA) is 109 Å². The van der Waals surface area contributed by atoms with Crippen molar-refractivity contribution in [3.8, 4) is 5.69 Å². The summed E-state index contributed by atoms with van der Waals surface area (Å²) in [5.41, 5.74) is 4.35. The number of pyridine rings is 1. The third kappa shape index (κ3) is 5.53. The quantitative estimate of drug-likeness (QED) is 0.291. The number of amides is 1. The van der Waals surface area contributed by atoms with Crippen LogP contribution in [0.2, 0.25) is 0 Å². The van der Waals surface area contributed by atoms with Gasteiger partial charge in [0.15, 0.2) is 6.10 Å². The first-order chi connectivity index (χ1) is 20.0. The van der Waals surface area contributed by atoms with Crippen molar-refractivity contribution >= 4 is 28.6 Å². The molecule has 206 valence electrons. The van der Waals surface area contributed by atoms with Gasteiger partial charge in [-0.05, 0) is 30.7 Å². The number of aromatic amines is 1. The predicted molar refractivity (Wildman–Crippen MR) is 156 cm³/mol. The molecule has 6 rings (SSSR count). The Labute approximate surface area is 236 Å². The zero-order valence-corrected chi connectivity index (χ0v) is 22.5. The van der Waals surface area contributed by atoms with Gasteiger partial charge in [-0.2, -0.15) is 0 Å². The molecule has 3 heterocycles. The number of esters is 1. The predicted octanol–water partition coefficient (Wildman–Crippen LogP) is 4.46. The van der Waals surface area contributed by atoms with Gasteiger partial charge in [-0.1, -0.05) is 66.7 Å². The third-order valence-corrected chi connectivity index (χ3v) is 7.22. The van der Waals surface area contributed by atoms with Crippen LogP contribution >= 0.6 is 0 Å². The maximum absolute atomic E-state index is 13.7. The molecule has 1 aliphatic heterocycles. The molecule has 9 heteroatoms. The normalized spacial score (nSPS) is 13.9. The molecule has 0 fully saturated rings. The first-order valence-corrected chi connectivity index (χ1v) is 13.5. The maximum Gasteiger partial charge on any atom is 0.339 e. The van der Waals surface area contributed by atoms with Gasteiger partial charge in [0.25, 0.3) is 11.5 Å². The van der Waals surface area contributed by atoms with Gasteiger partial charge in [-0.25, -0.2) is 9.48 Å². The van der Waals surface area contributed by atoms with E-state index in [2.05, 4.69) is 27.4 Å². The monoisotopic (exact) mass is 547 g/mol. The summed E-state index contributed by atoms with van der Waals surface area (Å²) in [6, 6.07) is 28.0. The molecule has 1 unspecified atom stereocenters. The number of carbonyl (C=O) groups is 2. The highest BCUT2D eigenvalue weighted by atomic mass is 16.5. The Balaban J connectivity index is 1.23. The van der Waals surface area contributed by atoms with Crippen molar-refractivity contribution in [2.75, 3.05) is 11.9 Å². The Bertz CT molecular complexity index is 1780. The molecular formula is C32H29N5O4. The number of nitrogens with one attached hydrogen (secondary N) is 2. The first kappa shape index (κ1) is 26.2. The van der Waals surface area contributed by atoms with Gasteiger partial charge in [-0.3, -0.25) is 24.6 Å². The molecule has 0 aliphatic carbocycles. The lowest BCUT2D eigenvalue weighted by atomic mass is 9.95. The lowest BCUT2D eigenvalue weighted by Crippen LogP contribution is -2.34. The number of fused-ring (bicyclic) bond motifs is 2. The van der Waals surface area contributed by atoms with Crippen molar-refractivity contribution in [1.29, 1.82) is 0 Å². The van der Waals surface area contributed by atoms with Gasteiger partial charge >= 0.3 is 5.97 Å². The molecule has 5 aromatic rings. The fourth-order valence-electron chi connectivity index (χ4n) is 5.19. The van der Waals surface area contributed by atoms with Crippen LogP contribution in [0.4, 0.5) is 5.82 Å². The van der Waals surface area contributed by atoms with Crippen LogP contribution in [-0.4, -0.2) is 44.2 Å². The molecule has 41 heavy (non-hydrogen) atoms. The van der Waals surface area contributed by atoms with E-state index in [9.17, 15) is 14.4 Å². The van der Waals surface area contributed by atoms with E-state index < -0.39 is 18.0 Å². The number of para-hydroxylation sites is 2. The second-order valence-electron chi connectivity index (χ2n) is 10.1. The van der Waals surface area contributed by atoms with Crippen LogP contribution in [0.25, 0.3) is 16.6 Å². The molecule has 0 radical (unpaired) electrons. The molecule has 0 saturated heterocycles.